The topological polar surface area (TPSA) is 26.0 Å². The predicted octanol–water partition coefficient (Wildman–Crippen LogP) is 3.60. The maximum atomic E-state index is 6.09. The van der Waals surface area contributed by atoms with Crippen molar-refractivity contribution in [3.63, 3.8) is 0 Å². The fourth-order valence-corrected chi connectivity index (χ4v) is 2.35. The molecular formula is C11H15BrClN. The predicted molar refractivity (Wildman–Crippen MR) is 65.9 cm³/mol. The smallest absolute Gasteiger partial charge is 0.0297 e. The van der Waals surface area contributed by atoms with E-state index in [4.69, 9.17) is 5.73 Å². The summed E-state index contributed by atoms with van der Waals surface area (Å²) < 4.78 is 1.14. The van der Waals surface area contributed by atoms with Crippen LogP contribution in [0.4, 0.5) is 0 Å². The van der Waals surface area contributed by atoms with Crippen LogP contribution in [0.15, 0.2) is 22.7 Å². The molecule has 14 heavy (non-hydrogen) atoms. The number of aryl methyl sites for hydroxylation is 1. The molecule has 0 saturated heterocycles. The first-order valence-electron chi connectivity index (χ1n) is 4.81. The Morgan fingerprint density at radius 1 is 1.29 bits per heavy atom. The van der Waals surface area contributed by atoms with Crippen LogP contribution in [0.3, 0.4) is 0 Å². The summed E-state index contributed by atoms with van der Waals surface area (Å²) in [6.07, 6.45) is 4.86. The van der Waals surface area contributed by atoms with E-state index in [9.17, 15) is 0 Å². The zero-order chi connectivity index (χ0) is 9.26. The third kappa shape index (κ3) is 2.50. The van der Waals surface area contributed by atoms with Crippen molar-refractivity contribution in [1.82, 2.24) is 0 Å². The fourth-order valence-electron chi connectivity index (χ4n) is 1.97. The molecule has 0 fully saturated rings. The number of hydrogen-bond donors (Lipinski definition) is 1. The number of fused-ring (bicyclic) bond motifs is 1. The van der Waals surface area contributed by atoms with Gasteiger partial charge in [0.25, 0.3) is 0 Å². The van der Waals surface area contributed by atoms with Gasteiger partial charge in [-0.2, -0.15) is 0 Å². The van der Waals surface area contributed by atoms with E-state index >= 15 is 0 Å². The first kappa shape index (κ1) is 12.0. The fraction of sp³-hybridized carbons (Fsp3) is 0.455. The molecule has 0 amide bonds. The van der Waals surface area contributed by atoms with E-state index in [1.807, 2.05) is 0 Å². The third-order valence-electron chi connectivity index (χ3n) is 2.72. The van der Waals surface area contributed by atoms with Crippen molar-refractivity contribution in [2.75, 3.05) is 0 Å². The van der Waals surface area contributed by atoms with Crippen LogP contribution in [0.5, 0.6) is 0 Å². The van der Waals surface area contributed by atoms with Crippen molar-refractivity contribution in [1.29, 1.82) is 0 Å². The highest BCUT2D eigenvalue weighted by Gasteiger charge is 2.14. The molecular weight excluding hydrogens is 261 g/mol. The van der Waals surface area contributed by atoms with E-state index in [0.717, 1.165) is 10.9 Å². The lowest BCUT2D eigenvalue weighted by Gasteiger charge is -2.12. The van der Waals surface area contributed by atoms with Gasteiger partial charge in [-0.3, -0.25) is 0 Å². The lowest BCUT2D eigenvalue weighted by Crippen LogP contribution is -2.10. The maximum Gasteiger partial charge on any atom is 0.0297 e. The van der Waals surface area contributed by atoms with Gasteiger partial charge in [0.05, 0.1) is 0 Å². The van der Waals surface area contributed by atoms with Crippen LogP contribution in [0.2, 0.25) is 0 Å². The van der Waals surface area contributed by atoms with Crippen LogP contribution >= 0.6 is 28.3 Å². The van der Waals surface area contributed by atoms with E-state index in [1.165, 1.54) is 30.4 Å². The first-order valence-corrected chi connectivity index (χ1v) is 5.60. The van der Waals surface area contributed by atoms with Gasteiger partial charge in [-0.05, 0) is 42.5 Å². The molecule has 2 N–H and O–H groups in total. The number of halogens is 2. The largest absolute Gasteiger partial charge is 0.324 e. The third-order valence-corrected chi connectivity index (χ3v) is 3.21. The summed E-state index contributed by atoms with van der Waals surface area (Å²) in [6, 6.07) is 6.72. The van der Waals surface area contributed by atoms with Gasteiger partial charge in [0.1, 0.15) is 0 Å². The minimum absolute atomic E-state index is 0. The summed E-state index contributed by atoms with van der Waals surface area (Å²) in [5.74, 6) is 0. The summed E-state index contributed by atoms with van der Waals surface area (Å²) in [6.45, 7) is 0. The van der Waals surface area contributed by atoms with Gasteiger partial charge < -0.3 is 5.73 Å². The van der Waals surface area contributed by atoms with Crippen LogP contribution in [-0.4, -0.2) is 0 Å². The molecule has 78 valence electrons. The summed E-state index contributed by atoms with van der Waals surface area (Å²) in [4.78, 5) is 0. The Labute approximate surface area is 99.6 Å². The Hall–Kier alpha value is -0.0500. The quantitative estimate of drug-likeness (QED) is 0.720. The van der Waals surface area contributed by atoms with E-state index in [2.05, 4.69) is 34.1 Å². The summed E-state index contributed by atoms with van der Waals surface area (Å²) in [5, 5.41) is 0. The van der Waals surface area contributed by atoms with Crippen molar-refractivity contribution >= 4 is 28.3 Å². The van der Waals surface area contributed by atoms with Gasteiger partial charge in [0.2, 0.25) is 0 Å². The van der Waals surface area contributed by atoms with Gasteiger partial charge in [-0.15, -0.1) is 12.4 Å². The maximum absolute atomic E-state index is 6.09. The van der Waals surface area contributed by atoms with Crippen LogP contribution in [0, 0.1) is 0 Å². The van der Waals surface area contributed by atoms with Crippen molar-refractivity contribution in [2.45, 2.75) is 31.7 Å². The molecule has 1 atom stereocenters. The SMILES string of the molecule is Cl.NC1CCCCc2ccc(Br)cc21. The second kappa shape index (κ2) is 5.15. The number of hydrogen-bond acceptors (Lipinski definition) is 1. The van der Waals surface area contributed by atoms with Crippen LogP contribution in [-0.2, 0) is 6.42 Å². The minimum Gasteiger partial charge on any atom is -0.324 e. The van der Waals surface area contributed by atoms with Gasteiger partial charge in [0, 0.05) is 10.5 Å². The highest BCUT2D eigenvalue weighted by atomic mass is 79.9. The standard InChI is InChI=1S/C11H14BrN.ClH/c12-9-6-5-8-3-1-2-4-11(13)10(8)7-9;/h5-7,11H,1-4,13H2;1H. The number of nitrogens with two attached hydrogens (primary N) is 1. The summed E-state index contributed by atoms with van der Waals surface area (Å²) in [5.41, 5.74) is 8.87. The molecule has 1 nitrogen and oxygen atoms in total. The van der Waals surface area contributed by atoms with Crippen molar-refractivity contribution in [3.05, 3.63) is 33.8 Å². The molecule has 1 unspecified atom stereocenters. The normalized spacial score (nSPS) is 20.6. The van der Waals surface area contributed by atoms with Crippen molar-refractivity contribution in [2.24, 2.45) is 5.73 Å². The first-order chi connectivity index (χ1) is 6.27. The monoisotopic (exact) mass is 275 g/mol. The Morgan fingerprint density at radius 2 is 2.07 bits per heavy atom. The molecule has 1 aromatic carbocycles. The van der Waals surface area contributed by atoms with E-state index in [1.54, 1.807) is 0 Å². The lowest BCUT2D eigenvalue weighted by molar-refractivity contribution is 0.615. The van der Waals surface area contributed by atoms with Gasteiger partial charge in [0.15, 0.2) is 0 Å². The lowest BCUT2D eigenvalue weighted by atomic mass is 10.0. The highest BCUT2D eigenvalue weighted by molar-refractivity contribution is 9.10. The van der Waals surface area contributed by atoms with Crippen LogP contribution in [0.25, 0.3) is 0 Å². The number of benzene rings is 1. The molecule has 0 spiro atoms. The molecule has 1 aliphatic rings. The van der Waals surface area contributed by atoms with E-state index in [-0.39, 0.29) is 18.4 Å². The summed E-state index contributed by atoms with van der Waals surface area (Å²) in [7, 11) is 0. The second-order valence-electron chi connectivity index (χ2n) is 3.70. The summed E-state index contributed by atoms with van der Waals surface area (Å²) >= 11 is 3.49. The molecule has 0 saturated carbocycles. The Bertz CT molecular complexity index is 314. The highest BCUT2D eigenvalue weighted by Crippen LogP contribution is 2.29. The molecule has 1 aromatic rings. The molecule has 0 heterocycles. The van der Waals surface area contributed by atoms with Crippen LogP contribution < -0.4 is 5.73 Å². The molecule has 0 aliphatic heterocycles. The van der Waals surface area contributed by atoms with Gasteiger partial charge >= 0.3 is 0 Å². The molecule has 0 bridgehead atoms. The van der Waals surface area contributed by atoms with Crippen molar-refractivity contribution < 1.29 is 0 Å². The molecule has 2 rings (SSSR count). The van der Waals surface area contributed by atoms with Gasteiger partial charge in [-0.1, -0.05) is 28.4 Å². The molecule has 0 radical (unpaired) electrons. The van der Waals surface area contributed by atoms with E-state index < -0.39 is 0 Å². The van der Waals surface area contributed by atoms with Crippen molar-refractivity contribution in [3.8, 4) is 0 Å². The van der Waals surface area contributed by atoms with Gasteiger partial charge in [-0.25, -0.2) is 0 Å². The van der Waals surface area contributed by atoms with E-state index in [0.29, 0.717) is 0 Å². The van der Waals surface area contributed by atoms with Crippen LogP contribution in [0.1, 0.15) is 36.4 Å². The minimum atomic E-state index is 0. The zero-order valence-electron chi connectivity index (χ0n) is 8.00. The Balaban J connectivity index is 0.000000980. The second-order valence-corrected chi connectivity index (χ2v) is 4.61. The molecule has 0 aromatic heterocycles. The number of rotatable bonds is 0. The Kier molecular flexibility index (Phi) is 4.42. The zero-order valence-corrected chi connectivity index (χ0v) is 10.4. The molecule has 1 aliphatic carbocycles. The average molecular weight is 277 g/mol. The Morgan fingerprint density at radius 3 is 2.86 bits per heavy atom. The molecule has 3 heteroatoms. The average Bonchev–Trinajstić information content (AvgIpc) is 2.29.